The smallest absolute Gasteiger partial charge is 0.325 e. The van der Waals surface area contributed by atoms with E-state index in [1.807, 2.05) is 12.1 Å². The summed E-state index contributed by atoms with van der Waals surface area (Å²) in [5.74, 6) is -0.698. The van der Waals surface area contributed by atoms with E-state index in [-0.39, 0.29) is 11.0 Å². The zero-order valence-corrected chi connectivity index (χ0v) is 9.77. The van der Waals surface area contributed by atoms with E-state index in [1.165, 1.54) is 6.92 Å². The zero-order valence-electron chi connectivity index (χ0n) is 9.01. The molecule has 0 saturated carbocycles. The number of nitrogens with zero attached hydrogens (tertiary/aromatic N) is 2. The summed E-state index contributed by atoms with van der Waals surface area (Å²) in [5, 5.41) is 11.7. The fourth-order valence-electron chi connectivity index (χ4n) is 1.34. The molecule has 1 heterocycles. The Labute approximate surface area is 102 Å². The molecule has 1 atom stereocenters. The van der Waals surface area contributed by atoms with Crippen LogP contribution in [0.3, 0.4) is 0 Å². The quantitative estimate of drug-likeness (QED) is 0.874. The molecule has 0 aliphatic rings. The maximum absolute atomic E-state index is 10.7. The van der Waals surface area contributed by atoms with Gasteiger partial charge in [0.25, 0.3) is 0 Å². The Kier molecular flexibility index (Phi) is 3.10. The average molecular weight is 252 g/mol. The molecule has 0 fully saturated rings. The molecule has 0 aliphatic heterocycles. The number of aromatic nitrogens is 2. The number of nitrogens with one attached hydrogen (secondary N) is 1. The number of carbonyl (C=O) groups is 1. The number of hydrogen-bond acceptors (Lipinski definition) is 4. The van der Waals surface area contributed by atoms with E-state index in [4.69, 9.17) is 16.7 Å². The van der Waals surface area contributed by atoms with Crippen molar-refractivity contribution in [1.29, 1.82) is 0 Å². The van der Waals surface area contributed by atoms with Crippen LogP contribution in [0.25, 0.3) is 11.0 Å². The van der Waals surface area contributed by atoms with E-state index in [1.54, 1.807) is 12.1 Å². The number of hydrogen-bond donors (Lipinski definition) is 2. The first kappa shape index (κ1) is 11.6. The summed E-state index contributed by atoms with van der Waals surface area (Å²) in [4.78, 5) is 19.1. The van der Waals surface area contributed by atoms with Gasteiger partial charge in [-0.05, 0) is 19.1 Å². The number of fused-ring (bicyclic) bond motifs is 1. The van der Waals surface area contributed by atoms with E-state index in [0.717, 1.165) is 0 Å². The van der Waals surface area contributed by atoms with Crippen LogP contribution in [0.1, 0.15) is 6.92 Å². The van der Waals surface area contributed by atoms with Gasteiger partial charge in [0.15, 0.2) is 11.0 Å². The molecular weight excluding hydrogens is 242 g/mol. The van der Waals surface area contributed by atoms with Crippen LogP contribution in [0.5, 0.6) is 0 Å². The number of para-hydroxylation sites is 2. The number of benzene rings is 1. The number of carboxylic acid groups (broad SMARTS) is 1. The molecule has 0 spiro atoms. The topological polar surface area (TPSA) is 75.1 Å². The SMILES string of the molecule is CC(Nc1nc2ccccc2nc1Cl)C(=O)O. The second-order valence-corrected chi connectivity index (χ2v) is 3.91. The zero-order chi connectivity index (χ0) is 12.4. The van der Waals surface area contributed by atoms with Crippen molar-refractivity contribution in [2.75, 3.05) is 5.32 Å². The third-order valence-electron chi connectivity index (χ3n) is 2.25. The highest BCUT2D eigenvalue weighted by molar-refractivity contribution is 6.32. The summed E-state index contributed by atoms with van der Waals surface area (Å²) in [6, 6.07) is 6.46. The Morgan fingerprint density at radius 2 is 1.94 bits per heavy atom. The molecule has 0 radical (unpaired) electrons. The van der Waals surface area contributed by atoms with Crippen molar-refractivity contribution in [2.45, 2.75) is 13.0 Å². The van der Waals surface area contributed by atoms with Crippen LogP contribution < -0.4 is 5.32 Å². The van der Waals surface area contributed by atoms with Crippen LogP contribution in [0.2, 0.25) is 5.15 Å². The number of anilines is 1. The van der Waals surface area contributed by atoms with Gasteiger partial charge in [0, 0.05) is 0 Å². The van der Waals surface area contributed by atoms with Gasteiger partial charge in [0.1, 0.15) is 6.04 Å². The van der Waals surface area contributed by atoms with Crippen LogP contribution >= 0.6 is 11.6 Å². The predicted octanol–water partition coefficient (Wildman–Crippen LogP) is 2.17. The van der Waals surface area contributed by atoms with Gasteiger partial charge in [-0.1, -0.05) is 23.7 Å². The molecule has 0 bridgehead atoms. The van der Waals surface area contributed by atoms with Crippen molar-refractivity contribution >= 4 is 34.4 Å². The molecule has 17 heavy (non-hydrogen) atoms. The van der Waals surface area contributed by atoms with Crippen LogP contribution in [0, 0.1) is 0 Å². The van der Waals surface area contributed by atoms with E-state index < -0.39 is 12.0 Å². The highest BCUT2D eigenvalue weighted by Crippen LogP contribution is 2.21. The van der Waals surface area contributed by atoms with Crippen LogP contribution in [-0.2, 0) is 4.79 Å². The standard InChI is InChI=1S/C11H10ClN3O2/c1-6(11(16)17)13-10-9(12)14-7-4-2-3-5-8(7)15-10/h2-6H,1H3,(H,13,15)(H,16,17). The fourth-order valence-corrected chi connectivity index (χ4v) is 1.53. The van der Waals surface area contributed by atoms with Gasteiger partial charge in [-0.25, -0.2) is 9.97 Å². The van der Waals surface area contributed by atoms with Gasteiger partial charge < -0.3 is 10.4 Å². The van der Waals surface area contributed by atoms with Gasteiger partial charge in [0.05, 0.1) is 11.0 Å². The van der Waals surface area contributed by atoms with Crippen LogP contribution in [-0.4, -0.2) is 27.1 Å². The summed E-state index contributed by atoms with van der Waals surface area (Å²) in [7, 11) is 0. The normalized spacial score (nSPS) is 12.4. The van der Waals surface area contributed by atoms with Crippen LogP contribution in [0.15, 0.2) is 24.3 Å². The lowest BCUT2D eigenvalue weighted by Crippen LogP contribution is -2.26. The molecule has 0 amide bonds. The van der Waals surface area contributed by atoms with Gasteiger partial charge in [-0.3, -0.25) is 4.79 Å². The first-order valence-corrected chi connectivity index (χ1v) is 5.37. The van der Waals surface area contributed by atoms with E-state index >= 15 is 0 Å². The minimum atomic E-state index is -0.976. The monoisotopic (exact) mass is 251 g/mol. The highest BCUT2D eigenvalue weighted by Gasteiger charge is 2.14. The minimum Gasteiger partial charge on any atom is -0.480 e. The van der Waals surface area contributed by atoms with Crippen molar-refractivity contribution in [3.63, 3.8) is 0 Å². The van der Waals surface area contributed by atoms with Crippen molar-refractivity contribution in [2.24, 2.45) is 0 Å². The Morgan fingerprint density at radius 3 is 2.53 bits per heavy atom. The molecule has 2 N–H and O–H groups in total. The lowest BCUT2D eigenvalue weighted by molar-refractivity contribution is -0.137. The molecule has 2 aromatic rings. The fraction of sp³-hybridized carbons (Fsp3) is 0.182. The highest BCUT2D eigenvalue weighted by atomic mass is 35.5. The Balaban J connectivity index is 2.40. The molecule has 6 heteroatoms. The molecule has 1 unspecified atom stereocenters. The summed E-state index contributed by atoms with van der Waals surface area (Å²) in [6.07, 6.45) is 0. The third-order valence-corrected chi connectivity index (χ3v) is 2.52. The van der Waals surface area contributed by atoms with Crippen LogP contribution in [0.4, 0.5) is 5.82 Å². The average Bonchev–Trinajstić information content (AvgIpc) is 2.29. The van der Waals surface area contributed by atoms with Crippen molar-refractivity contribution in [3.8, 4) is 0 Å². The van der Waals surface area contributed by atoms with E-state index in [9.17, 15) is 4.79 Å². The minimum absolute atomic E-state index is 0.164. The molecular formula is C11H10ClN3O2. The van der Waals surface area contributed by atoms with E-state index in [0.29, 0.717) is 11.0 Å². The summed E-state index contributed by atoms with van der Waals surface area (Å²) in [5.41, 5.74) is 1.34. The maximum atomic E-state index is 10.7. The second kappa shape index (κ2) is 4.55. The van der Waals surface area contributed by atoms with Gasteiger partial charge in [0.2, 0.25) is 0 Å². The Bertz CT molecular complexity index is 574. The number of rotatable bonds is 3. The second-order valence-electron chi connectivity index (χ2n) is 3.56. The summed E-state index contributed by atoms with van der Waals surface area (Å²) in [6.45, 7) is 1.51. The molecule has 2 rings (SSSR count). The van der Waals surface area contributed by atoms with Crippen molar-refractivity contribution in [3.05, 3.63) is 29.4 Å². The van der Waals surface area contributed by atoms with E-state index in [2.05, 4.69) is 15.3 Å². The van der Waals surface area contributed by atoms with Gasteiger partial charge >= 0.3 is 5.97 Å². The van der Waals surface area contributed by atoms with Crippen molar-refractivity contribution < 1.29 is 9.90 Å². The predicted molar refractivity (Wildman–Crippen MR) is 65.3 cm³/mol. The molecule has 1 aromatic carbocycles. The van der Waals surface area contributed by atoms with Crippen molar-refractivity contribution in [1.82, 2.24) is 9.97 Å². The lowest BCUT2D eigenvalue weighted by atomic mass is 10.3. The number of aliphatic carboxylic acids is 1. The van der Waals surface area contributed by atoms with Gasteiger partial charge in [-0.15, -0.1) is 0 Å². The first-order valence-electron chi connectivity index (χ1n) is 4.99. The maximum Gasteiger partial charge on any atom is 0.325 e. The third kappa shape index (κ3) is 2.45. The summed E-state index contributed by atoms with van der Waals surface area (Å²) >= 11 is 5.92. The molecule has 88 valence electrons. The molecule has 1 aromatic heterocycles. The van der Waals surface area contributed by atoms with Gasteiger partial charge in [-0.2, -0.15) is 0 Å². The Hall–Kier alpha value is -1.88. The number of halogens is 1. The largest absolute Gasteiger partial charge is 0.480 e. The summed E-state index contributed by atoms with van der Waals surface area (Å²) < 4.78 is 0. The number of carboxylic acids is 1. The first-order chi connectivity index (χ1) is 8.08. The molecule has 0 saturated heterocycles. The molecule has 5 nitrogen and oxygen atoms in total. The molecule has 0 aliphatic carbocycles. The Morgan fingerprint density at radius 1 is 1.35 bits per heavy atom. The lowest BCUT2D eigenvalue weighted by Gasteiger charge is -2.11.